The van der Waals surface area contributed by atoms with Gasteiger partial charge < -0.3 is 5.11 Å². The molecule has 5 nitrogen and oxygen atoms in total. The van der Waals surface area contributed by atoms with Crippen LogP contribution >= 0.6 is 0 Å². The molecule has 0 aromatic carbocycles. The molecular formula is C12H19NO4. The quantitative estimate of drug-likeness (QED) is 0.738. The predicted octanol–water partition coefficient (Wildman–Crippen LogP) is 1.42. The monoisotopic (exact) mass is 241 g/mol. The maximum Gasteiger partial charge on any atom is 0.306 e. The van der Waals surface area contributed by atoms with E-state index >= 15 is 0 Å². The lowest BCUT2D eigenvalue weighted by atomic mass is 10.1. The number of hydrogen-bond acceptors (Lipinski definition) is 3. The Morgan fingerprint density at radius 3 is 2.29 bits per heavy atom. The van der Waals surface area contributed by atoms with Crippen LogP contribution in [-0.4, -0.2) is 34.3 Å². The number of carboxylic acids is 1. The van der Waals surface area contributed by atoms with Crippen LogP contribution in [0.15, 0.2) is 0 Å². The van der Waals surface area contributed by atoms with Gasteiger partial charge in [-0.3, -0.25) is 19.3 Å². The zero-order valence-electron chi connectivity index (χ0n) is 10.1. The third-order valence-electron chi connectivity index (χ3n) is 3.07. The molecule has 0 aromatic heterocycles. The molecule has 1 fully saturated rings. The summed E-state index contributed by atoms with van der Waals surface area (Å²) in [5, 5.41) is 8.72. The zero-order valence-corrected chi connectivity index (χ0v) is 10.1. The zero-order chi connectivity index (χ0) is 12.8. The Bertz CT molecular complexity index is 296. The van der Waals surface area contributed by atoms with E-state index in [1.165, 1.54) is 4.90 Å². The van der Waals surface area contributed by atoms with Crippen LogP contribution in [-0.2, 0) is 14.4 Å². The fourth-order valence-electron chi connectivity index (χ4n) is 1.89. The van der Waals surface area contributed by atoms with Crippen molar-refractivity contribution in [2.24, 2.45) is 5.92 Å². The number of carbonyl (C=O) groups is 3. The molecule has 0 radical (unpaired) electrons. The summed E-state index contributed by atoms with van der Waals surface area (Å²) in [6.45, 7) is 1.99. The van der Waals surface area contributed by atoms with Crippen molar-refractivity contribution in [2.75, 3.05) is 6.54 Å². The molecule has 1 aliphatic rings. The molecule has 0 spiro atoms. The molecule has 1 rings (SSSR count). The van der Waals surface area contributed by atoms with Gasteiger partial charge in [0.05, 0.1) is 5.92 Å². The van der Waals surface area contributed by atoms with E-state index in [1.807, 2.05) is 0 Å². The molecule has 1 unspecified atom stereocenters. The van der Waals surface area contributed by atoms with Gasteiger partial charge in [0.15, 0.2) is 0 Å². The maximum absolute atomic E-state index is 11.6. The molecule has 1 N–H and O–H groups in total. The number of likely N-dealkylation sites (tertiary alicyclic amines) is 1. The lowest BCUT2D eigenvalue weighted by Gasteiger charge is -2.18. The first-order chi connectivity index (χ1) is 8.02. The number of hydrogen-bond donors (Lipinski definition) is 1. The van der Waals surface area contributed by atoms with Crippen LogP contribution in [0.4, 0.5) is 0 Å². The maximum atomic E-state index is 11.6. The molecular weight excluding hydrogens is 222 g/mol. The topological polar surface area (TPSA) is 74.7 Å². The molecule has 1 atom stereocenters. The number of rotatable bonds is 5. The summed E-state index contributed by atoms with van der Waals surface area (Å²) >= 11 is 0. The second-order valence-electron chi connectivity index (χ2n) is 4.53. The summed E-state index contributed by atoms with van der Waals surface area (Å²) in [5.41, 5.74) is 0. The molecule has 0 saturated carbocycles. The molecule has 17 heavy (non-hydrogen) atoms. The molecule has 1 aliphatic heterocycles. The summed E-state index contributed by atoms with van der Waals surface area (Å²) in [4.78, 5) is 35.2. The van der Waals surface area contributed by atoms with Gasteiger partial charge in [0.1, 0.15) is 0 Å². The van der Waals surface area contributed by atoms with E-state index in [4.69, 9.17) is 5.11 Å². The number of aliphatic carboxylic acids is 1. The highest BCUT2D eigenvalue weighted by Crippen LogP contribution is 2.14. The van der Waals surface area contributed by atoms with E-state index in [9.17, 15) is 14.4 Å². The van der Waals surface area contributed by atoms with Crippen LogP contribution in [0.2, 0.25) is 0 Å². The van der Waals surface area contributed by atoms with E-state index in [0.717, 1.165) is 12.8 Å². The normalized spacial score (nSPS) is 19.0. The highest BCUT2D eigenvalue weighted by molar-refractivity contribution is 5.95. The van der Waals surface area contributed by atoms with Gasteiger partial charge in [0.25, 0.3) is 0 Å². The molecule has 1 saturated heterocycles. The van der Waals surface area contributed by atoms with Crippen LogP contribution in [0.25, 0.3) is 0 Å². The predicted molar refractivity (Wildman–Crippen MR) is 61.2 cm³/mol. The number of carboxylic acid groups (broad SMARTS) is 1. The first-order valence-electron chi connectivity index (χ1n) is 6.08. The lowest BCUT2D eigenvalue weighted by molar-refractivity contribution is -0.143. The molecule has 1 heterocycles. The Morgan fingerprint density at radius 2 is 1.82 bits per heavy atom. The number of carbonyl (C=O) groups excluding carboxylic acids is 2. The molecule has 0 aromatic rings. The fraction of sp³-hybridized carbons (Fsp3) is 0.750. The Morgan fingerprint density at radius 1 is 1.29 bits per heavy atom. The Balaban J connectivity index is 2.40. The minimum Gasteiger partial charge on any atom is -0.481 e. The van der Waals surface area contributed by atoms with Crippen LogP contribution in [0.3, 0.4) is 0 Å². The third kappa shape index (κ3) is 4.17. The van der Waals surface area contributed by atoms with Crippen molar-refractivity contribution in [3.05, 3.63) is 0 Å². The Kier molecular flexibility index (Phi) is 5.12. The van der Waals surface area contributed by atoms with Gasteiger partial charge in [-0.25, -0.2) is 0 Å². The summed E-state index contributed by atoms with van der Waals surface area (Å²) in [5.74, 6) is -1.49. The van der Waals surface area contributed by atoms with Crippen molar-refractivity contribution in [1.82, 2.24) is 4.90 Å². The highest BCUT2D eigenvalue weighted by Gasteiger charge is 2.23. The van der Waals surface area contributed by atoms with E-state index in [0.29, 0.717) is 32.2 Å². The van der Waals surface area contributed by atoms with Crippen LogP contribution in [0.5, 0.6) is 0 Å². The molecule has 5 heteroatoms. The number of nitrogens with zero attached hydrogens (tertiary/aromatic N) is 1. The number of amides is 2. The van der Waals surface area contributed by atoms with Gasteiger partial charge in [-0.2, -0.15) is 0 Å². The minimum atomic E-state index is -0.835. The third-order valence-corrected chi connectivity index (χ3v) is 3.07. The van der Waals surface area contributed by atoms with Gasteiger partial charge in [-0.1, -0.05) is 6.92 Å². The van der Waals surface area contributed by atoms with Crippen molar-refractivity contribution in [3.63, 3.8) is 0 Å². The van der Waals surface area contributed by atoms with Crippen LogP contribution in [0.1, 0.15) is 45.4 Å². The average Bonchev–Trinajstić information content (AvgIpc) is 2.42. The second-order valence-corrected chi connectivity index (χ2v) is 4.53. The summed E-state index contributed by atoms with van der Waals surface area (Å²) in [6, 6.07) is 0. The fourth-order valence-corrected chi connectivity index (χ4v) is 1.89. The molecule has 2 amide bonds. The number of imide groups is 1. The van der Waals surface area contributed by atoms with Gasteiger partial charge in [-0.15, -0.1) is 0 Å². The first kappa shape index (κ1) is 13.7. The van der Waals surface area contributed by atoms with Crippen molar-refractivity contribution in [1.29, 1.82) is 0 Å². The van der Waals surface area contributed by atoms with Crippen molar-refractivity contribution in [3.8, 4) is 0 Å². The van der Waals surface area contributed by atoms with Gasteiger partial charge >= 0.3 is 5.97 Å². The Labute approximate surface area is 101 Å². The SMILES string of the molecule is CC(CCCN1C(=O)CCCCC1=O)C(=O)O. The van der Waals surface area contributed by atoms with Crippen LogP contribution in [0, 0.1) is 5.92 Å². The summed E-state index contributed by atoms with van der Waals surface area (Å²) < 4.78 is 0. The van der Waals surface area contributed by atoms with E-state index < -0.39 is 11.9 Å². The van der Waals surface area contributed by atoms with Crippen molar-refractivity contribution in [2.45, 2.75) is 45.4 Å². The van der Waals surface area contributed by atoms with E-state index in [1.54, 1.807) is 6.92 Å². The largest absolute Gasteiger partial charge is 0.481 e. The van der Waals surface area contributed by atoms with Gasteiger partial charge in [0.2, 0.25) is 11.8 Å². The summed E-state index contributed by atoms with van der Waals surface area (Å²) in [7, 11) is 0. The molecule has 96 valence electrons. The summed E-state index contributed by atoms with van der Waals surface area (Å²) in [6.07, 6.45) is 3.46. The van der Waals surface area contributed by atoms with Crippen molar-refractivity contribution >= 4 is 17.8 Å². The Hall–Kier alpha value is -1.39. The minimum absolute atomic E-state index is 0.115. The first-order valence-corrected chi connectivity index (χ1v) is 6.08. The van der Waals surface area contributed by atoms with Crippen molar-refractivity contribution < 1.29 is 19.5 Å². The highest BCUT2D eigenvalue weighted by atomic mass is 16.4. The van der Waals surface area contributed by atoms with Gasteiger partial charge in [-0.05, 0) is 25.7 Å². The lowest BCUT2D eigenvalue weighted by Crippen LogP contribution is -2.36. The van der Waals surface area contributed by atoms with E-state index in [2.05, 4.69) is 0 Å². The smallest absolute Gasteiger partial charge is 0.306 e. The second kappa shape index (κ2) is 6.37. The standard InChI is InChI=1S/C12H19NO4/c1-9(12(16)17)5-4-8-13-10(14)6-2-3-7-11(13)15/h9H,2-8H2,1H3,(H,16,17). The molecule has 0 aliphatic carbocycles. The average molecular weight is 241 g/mol. The van der Waals surface area contributed by atoms with Gasteiger partial charge in [0, 0.05) is 19.4 Å². The van der Waals surface area contributed by atoms with E-state index in [-0.39, 0.29) is 11.8 Å². The van der Waals surface area contributed by atoms with Crippen LogP contribution < -0.4 is 0 Å². The molecule has 0 bridgehead atoms.